The highest BCUT2D eigenvalue weighted by Gasteiger charge is 2.43. The molecule has 1 saturated carbocycles. The lowest BCUT2D eigenvalue weighted by molar-refractivity contribution is 0.104. The molecule has 112 valence electrons. The van der Waals surface area contributed by atoms with Crippen LogP contribution in [0.3, 0.4) is 0 Å². The van der Waals surface area contributed by atoms with Gasteiger partial charge >= 0.3 is 0 Å². The summed E-state index contributed by atoms with van der Waals surface area (Å²) >= 11 is 0. The van der Waals surface area contributed by atoms with Crippen LogP contribution >= 0.6 is 0 Å². The molecule has 1 aliphatic carbocycles. The van der Waals surface area contributed by atoms with E-state index in [4.69, 9.17) is 5.84 Å². The zero-order chi connectivity index (χ0) is 14.8. The Hall–Kier alpha value is -1.04. The van der Waals surface area contributed by atoms with Gasteiger partial charge in [-0.3, -0.25) is 11.3 Å². The van der Waals surface area contributed by atoms with E-state index in [1.165, 1.54) is 6.07 Å². The van der Waals surface area contributed by atoms with Gasteiger partial charge in [0.2, 0.25) is 0 Å². The summed E-state index contributed by atoms with van der Waals surface area (Å²) in [7, 11) is 4.05. The highest BCUT2D eigenvalue weighted by Crippen LogP contribution is 2.37. The number of rotatable bonds is 5. The van der Waals surface area contributed by atoms with Gasteiger partial charge in [0.25, 0.3) is 0 Å². The van der Waals surface area contributed by atoms with Crippen molar-refractivity contribution in [3.05, 3.63) is 35.4 Å². The average Bonchev–Trinajstić information content (AvgIpc) is 2.91. The van der Waals surface area contributed by atoms with Crippen molar-refractivity contribution >= 4 is 0 Å². The molecule has 0 saturated heterocycles. The number of nitrogens with two attached hydrogens (primary N) is 1. The zero-order valence-electron chi connectivity index (χ0n) is 12.1. The van der Waals surface area contributed by atoms with Gasteiger partial charge in [-0.15, -0.1) is 0 Å². The predicted octanol–water partition coefficient (Wildman–Crippen LogP) is 2.21. The van der Waals surface area contributed by atoms with Crippen LogP contribution in [0.2, 0.25) is 0 Å². The summed E-state index contributed by atoms with van der Waals surface area (Å²) in [5.74, 6) is 4.15. The first-order valence-electron chi connectivity index (χ1n) is 7.07. The predicted molar refractivity (Wildman–Crippen MR) is 76.1 cm³/mol. The van der Waals surface area contributed by atoms with Crippen molar-refractivity contribution in [3.8, 4) is 0 Å². The Balaban J connectivity index is 2.26. The van der Waals surface area contributed by atoms with Crippen LogP contribution < -0.4 is 11.3 Å². The van der Waals surface area contributed by atoms with Crippen LogP contribution in [0.5, 0.6) is 0 Å². The second-order valence-corrected chi connectivity index (χ2v) is 5.84. The van der Waals surface area contributed by atoms with E-state index in [-0.39, 0.29) is 11.6 Å². The number of hydrogen-bond donors (Lipinski definition) is 2. The molecule has 0 radical (unpaired) electrons. The molecule has 0 aromatic heterocycles. The van der Waals surface area contributed by atoms with E-state index in [1.54, 1.807) is 6.07 Å². The van der Waals surface area contributed by atoms with Gasteiger partial charge in [-0.2, -0.15) is 0 Å². The SMILES string of the molecule is CN(C)C1(C(Cc2cccc(F)c2F)NN)CCCC1. The maximum Gasteiger partial charge on any atom is 0.162 e. The summed E-state index contributed by atoms with van der Waals surface area (Å²) in [5.41, 5.74) is 3.12. The maximum atomic E-state index is 13.9. The van der Waals surface area contributed by atoms with Crippen LogP contribution in [0.25, 0.3) is 0 Å². The Morgan fingerprint density at radius 1 is 1.30 bits per heavy atom. The third-order valence-corrected chi connectivity index (χ3v) is 4.67. The Kier molecular flexibility index (Phi) is 4.73. The zero-order valence-corrected chi connectivity index (χ0v) is 12.1. The molecular weight excluding hydrogens is 260 g/mol. The standard InChI is InChI=1S/C15H23F2N3/c1-20(2)15(8-3-4-9-15)13(19-18)10-11-6-5-7-12(16)14(11)17/h5-7,13,19H,3-4,8-10,18H2,1-2H3. The largest absolute Gasteiger partial charge is 0.302 e. The first-order valence-corrected chi connectivity index (χ1v) is 7.07. The van der Waals surface area contributed by atoms with Crippen LogP contribution in [0.1, 0.15) is 31.2 Å². The molecule has 0 aliphatic heterocycles. The molecule has 1 fully saturated rings. The number of hydrogen-bond acceptors (Lipinski definition) is 3. The van der Waals surface area contributed by atoms with E-state index in [0.29, 0.717) is 12.0 Å². The Morgan fingerprint density at radius 3 is 2.50 bits per heavy atom. The van der Waals surface area contributed by atoms with Gasteiger partial charge in [0.05, 0.1) is 0 Å². The molecule has 1 aliphatic rings. The lowest BCUT2D eigenvalue weighted by atomic mass is 9.83. The molecule has 1 aromatic rings. The molecule has 1 atom stereocenters. The van der Waals surface area contributed by atoms with Crippen molar-refractivity contribution in [2.75, 3.05) is 14.1 Å². The van der Waals surface area contributed by atoms with Crippen molar-refractivity contribution < 1.29 is 8.78 Å². The summed E-state index contributed by atoms with van der Waals surface area (Å²) in [6.07, 6.45) is 4.71. The van der Waals surface area contributed by atoms with E-state index < -0.39 is 11.6 Å². The monoisotopic (exact) mass is 283 g/mol. The molecule has 5 heteroatoms. The highest BCUT2D eigenvalue weighted by molar-refractivity contribution is 5.21. The van der Waals surface area contributed by atoms with Gasteiger partial charge in [0.15, 0.2) is 11.6 Å². The second kappa shape index (κ2) is 6.16. The average molecular weight is 283 g/mol. The normalized spacial score (nSPS) is 19.5. The van der Waals surface area contributed by atoms with Gasteiger partial charge in [-0.25, -0.2) is 8.78 Å². The highest BCUT2D eigenvalue weighted by atomic mass is 19.2. The molecular formula is C15H23F2N3. The molecule has 0 heterocycles. The van der Waals surface area contributed by atoms with E-state index in [9.17, 15) is 8.78 Å². The maximum absolute atomic E-state index is 13.9. The van der Waals surface area contributed by atoms with Crippen LogP contribution in [-0.2, 0) is 6.42 Å². The fraction of sp³-hybridized carbons (Fsp3) is 0.600. The Morgan fingerprint density at radius 2 is 1.95 bits per heavy atom. The fourth-order valence-electron chi connectivity index (χ4n) is 3.42. The molecule has 0 amide bonds. The van der Waals surface area contributed by atoms with Crippen molar-refractivity contribution in [3.63, 3.8) is 0 Å². The van der Waals surface area contributed by atoms with Gasteiger partial charge in [0.1, 0.15) is 0 Å². The third-order valence-electron chi connectivity index (χ3n) is 4.67. The van der Waals surface area contributed by atoms with Gasteiger partial charge in [-0.05, 0) is 45.0 Å². The lowest BCUT2D eigenvalue weighted by Gasteiger charge is -2.43. The third kappa shape index (κ3) is 2.71. The van der Waals surface area contributed by atoms with Crippen LogP contribution in [0, 0.1) is 11.6 Å². The number of hydrazine groups is 1. The Bertz CT molecular complexity index is 456. The minimum absolute atomic E-state index is 0.0898. The van der Waals surface area contributed by atoms with E-state index in [0.717, 1.165) is 31.7 Å². The topological polar surface area (TPSA) is 41.3 Å². The van der Waals surface area contributed by atoms with E-state index >= 15 is 0 Å². The van der Waals surface area contributed by atoms with Crippen molar-refractivity contribution in [2.24, 2.45) is 5.84 Å². The van der Waals surface area contributed by atoms with Gasteiger partial charge < -0.3 is 4.90 Å². The summed E-state index contributed by atoms with van der Waals surface area (Å²) in [4.78, 5) is 2.17. The van der Waals surface area contributed by atoms with Gasteiger partial charge in [0, 0.05) is 11.6 Å². The number of halogens is 2. The molecule has 2 rings (SSSR count). The van der Waals surface area contributed by atoms with Crippen molar-refractivity contribution in [2.45, 2.75) is 43.7 Å². The summed E-state index contributed by atoms with van der Waals surface area (Å²) in [6, 6.07) is 4.21. The van der Waals surface area contributed by atoms with E-state index in [2.05, 4.69) is 10.3 Å². The van der Waals surface area contributed by atoms with Crippen LogP contribution in [0.4, 0.5) is 8.78 Å². The molecule has 1 aromatic carbocycles. The van der Waals surface area contributed by atoms with Crippen molar-refractivity contribution in [1.29, 1.82) is 0 Å². The molecule has 1 unspecified atom stereocenters. The number of likely N-dealkylation sites (N-methyl/N-ethyl adjacent to an activating group) is 1. The van der Waals surface area contributed by atoms with Crippen molar-refractivity contribution in [1.82, 2.24) is 10.3 Å². The molecule has 3 nitrogen and oxygen atoms in total. The number of benzene rings is 1. The minimum Gasteiger partial charge on any atom is -0.302 e. The van der Waals surface area contributed by atoms with Gasteiger partial charge in [-0.1, -0.05) is 25.0 Å². The number of nitrogens with zero attached hydrogens (tertiary/aromatic N) is 1. The quantitative estimate of drug-likeness (QED) is 0.643. The second-order valence-electron chi connectivity index (χ2n) is 5.84. The summed E-state index contributed by atoms with van der Waals surface area (Å²) in [5, 5.41) is 0. The van der Waals surface area contributed by atoms with E-state index in [1.807, 2.05) is 14.1 Å². The van der Waals surface area contributed by atoms with Crippen LogP contribution in [0.15, 0.2) is 18.2 Å². The summed E-state index contributed by atoms with van der Waals surface area (Å²) in [6.45, 7) is 0. The molecule has 20 heavy (non-hydrogen) atoms. The fourth-order valence-corrected chi connectivity index (χ4v) is 3.42. The molecule has 0 spiro atoms. The molecule has 0 bridgehead atoms. The smallest absolute Gasteiger partial charge is 0.162 e. The number of nitrogens with one attached hydrogen (secondary N) is 1. The summed E-state index contributed by atoms with van der Waals surface area (Å²) < 4.78 is 27.2. The van der Waals surface area contributed by atoms with Crippen LogP contribution in [-0.4, -0.2) is 30.6 Å². The Labute approximate surface area is 119 Å². The lowest BCUT2D eigenvalue weighted by Crippen LogP contribution is -2.60. The molecule has 3 N–H and O–H groups in total. The first-order chi connectivity index (χ1) is 9.51. The minimum atomic E-state index is -0.802. The first kappa shape index (κ1) is 15.4.